The van der Waals surface area contributed by atoms with Gasteiger partial charge in [0.05, 0.1) is 6.10 Å². The van der Waals surface area contributed by atoms with Crippen LogP contribution < -0.4 is 4.74 Å². The van der Waals surface area contributed by atoms with Crippen LogP contribution in [0.1, 0.15) is 62.7 Å². The second-order valence-corrected chi connectivity index (χ2v) is 6.72. The van der Waals surface area contributed by atoms with Gasteiger partial charge in [-0.2, -0.15) is 0 Å². The summed E-state index contributed by atoms with van der Waals surface area (Å²) in [6.45, 7) is 4.41. The van der Waals surface area contributed by atoms with Crippen LogP contribution in [0.15, 0.2) is 48.5 Å². The van der Waals surface area contributed by atoms with E-state index in [4.69, 9.17) is 16.3 Å². The molecule has 0 radical (unpaired) electrons. The Kier molecular flexibility index (Phi) is 8.00. The summed E-state index contributed by atoms with van der Waals surface area (Å²) in [4.78, 5) is 11.1. The van der Waals surface area contributed by atoms with E-state index in [-0.39, 0.29) is 6.10 Å². The molecule has 134 valence electrons. The van der Waals surface area contributed by atoms with Gasteiger partial charge < -0.3 is 4.74 Å². The van der Waals surface area contributed by atoms with Crippen molar-refractivity contribution < 1.29 is 9.53 Å². The van der Waals surface area contributed by atoms with Crippen molar-refractivity contribution in [1.29, 1.82) is 0 Å². The average Bonchev–Trinajstić information content (AvgIpc) is 2.65. The van der Waals surface area contributed by atoms with Gasteiger partial charge in [-0.3, -0.25) is 4.79 Å². The van der Waals surface area contributed by atoms with Crippen LogP contribution in [0.2, 0.25) is 0 Å². The predicted octanol–water partition coefficient (Wildman–Crippen LogP) is 6.86. The molecule has 3 heteroatoms. The van der Waals surface area contributed by atoms with Gasteiger partial charge in [-0.05, 0) is 66.3 Å². The molecule has 25 heavy (non-hydrogen) atoms. The topological polar surface area (TPSA) is 26.3 Å². The molecule has 0 spiro atoms. The monoisotopic (exact) mass is 358 g/mol. The van der Waals surface area contributed by atoms with Gasteiger partial charge in [-0.1, -0.05) is 57.4 Å². The Hall–Kier alpha value is -1.80. The van der Waals surface area contributed by atoms with Gasteiger partial charge in [0.1, 0.15) is 5.75 Å². The van der Waals surface area contributed by atoms with Crippen LogP contribution in [-0.2, 0) is 0 Å². The Morgan fingerprint density at radius 1 is 0.920 bits per heavy atom. The van der Waals surface area contributed by atoms with Crippen LogP contribution in [0.5, 0.6) is 5.75 Å². The molecule has 2 aromatic carbocycles. The second-order valence-electron chi connectivity index (χ2n) is 6.37. The van der Waals surface area contributed by atoms with Crippen molar-refractivity contribution in [2.24, 2.45) is 0 Å². The number of halogens is 1. The number of hydrogen-bond acceptors (Lipinski definition) is 2. The summed E-state index contributed by atoms with van der Waals surface area (Å²) in [5, 5.41) is -0.431. The SMILES string of the molecule is CCCCCC[C@@H](CC)Oc1ccc(-c2ccc(C(=O)Cl)cc2)cc1. The normalized spacial score (nSPS) is 12.0. The van der Waals surface area contributed by atoms with Gasteiger partial charge in [-0.25, -0.2) is 0 Å². The van der Waals surface area contributed by atoms with Gasteiger partial charge >= 0.3 is 0 Å². The van der Waals surface area contributed by atoms with Crippen molar-refractivity contribution in [2.75, 3.05) is 0 Å². The first kappa shape index (κ1) is 19.5. The van der Waals surface area contributed by atoms with Gasteiger partial charge in [0.25, 0.3) is 5.24 Å². The number of carbonyl (C=O) groups is 1. The van der Waals surface area contributed by atoms with E-state index in [1.165, 1.54) is 25.7 Å². The minimum atomic E-state index is -0.431. The van der Waals surface area contributed by atoms with E-state index in [2.05, 4.69) is 26.0 Å². The van der Waals surface area contributed by atoms with E-state index in [9.17, 15) is 4.79 Å². The highest BCUT2D eigenvalue weighted by Crippen LogP contribution is 2.24. The maximum Gasteiger partial charge on any atom is 0.252 e. The molecule has 0 N–H and O–H groups in total. The third-order valence-electron chi connectivity index (χ3n) is 4.44. The van der Waals surface area contributed by atoms with Crippen molar-refractivity contribution in [3.63, 3.8) is 0 Å². The molecule has 0 aliphatic carbocycles. The van der Waals surface area contributed by atoms with Crippen molar-refractivity contribution in [1.82, 2.24) is 0 Å². The number of rotatable bonds is 10. The predicted molar refractivity (Wildman–Crippen MR) is 106 cm³/mol. The standard InChI is InChI=1S/C22H27ClO2/c1-3-5-6-7-8-20(4-2)25-21-15-13-18(14-16-21)17-9-11-19(12-10-17)22(23)24/h9-16,20H,3-8H2,1-2H3/t20-/m1/s1. The van der Waals surface area contributed by atoms with E-state index >= 15 is 0 Å². The first-order chi connectivity index (χ1) is 12.1. The number of unbranched alkanes of at least 4 members (excludes halogenated alkanes) is 3. The Bertz CT molecular complexity index is 647. The Morgan fingerprint density at radius 3 is 2.04 bits per heavy atom. The van der Waals surface area contributed by atoms with Crippen molar-refractivity contribution in [2.45, 2.75) is 58.5 Å². The van der Waals surface area contributed by atoms with Gasteiger partial charge in [-0.15, -0.1) is 0 Å². The van der Waals surface area contributed by atoms with Crippen LogP contribution in [0, 0.1) is 0 Å². The summed E-state index contributed by atoms with van der Waals surface area (Å²) >= 11 is 5.48. The van der Waals surface area contributed by atoms with E-state index in [1.807, 2.05) is 24.3 Å². The van der Waals surface area contributed by atoms with Crippen LogP contribution >= 0.6 is 11.6 Å². The quantitative estimate of drug-likeness (QED) is 0.342. The third-order valence-corrected chi connectivity index (χ3v) is 4.66. The Balaban J connectivity index is 1.95. The van der Waals surface area contributed by atoms with Crippen molar-refractivity contribution >= 4 is 16.8 Å². The van der Waals surface area contributed by atoms with Gasteiger partial charge in [0.2, 0.25) is 0 Å². The van der Waals surface area contributed by atoms with Gasteiger partial charge in [0, 0.05) is 5.56 Å². The van der Waals surface area contributed by atoms with E-state index in [1.54, 1.807) is 12.1 Å². The summed E-state index contributed by atoms with van der Waals surface area (Å²) in [5.41, 5.74) is 2.66. The zero-order valence-corrected chi connectivity index (χ0v) is 15.9. The third kappa shape index (κ3) is 6.21. The molecule has 0 unspecified atom stereocenters. The van der Waals surface area contributed by atoms with E-state index in [0.717, 1.165) is 29.7 Å². The molecule has 0 saturated heterocycles. The fourth-order valence-electron chi connectivity index (χ4n) is 2.86. The number of hydrogen-bond donors (Lipinski definition) is 0. The molecule has 0 heterocycles. The zero-order chi connectivity index (χ0) is 18.1. The highest BCUT2D eigenvalue weighted by molar-refractivity contribution is 6.67. The molecule has 0 saturated carbocycles. The number of carbonyl (C=O) groups excluding carboxylic acids is 1. The zero-order valence-electron chi connectivity index (χ0n) is 15.1. The number of ether oxygens (including phenoxy) is 1. The minimum absolute atomic E-state index is 0.289. The van der Waals surface area contributed by atoms with Crippen molar-refractivity contribution in [3.05, 3.63) is 54.1 Å². The molecule has 0 amide bonds. The molecular weight excluding hydrogens is 332 g/mol. The molecule has 0 aliphatic rings. The maximum atomic E-state index is 11.1. The fraction of sp³-hybridized carbons (Fsp3) is 0.409. The van der Waals surface area contributed by atoms with Crippen LogP contribution in [0.3, 0.4) is 0 Å². The maximum absolute atomic E-state index is 11.1. The second kappa shape index (κ2) is 10.2. The van der Waals surface area contributed by atoms with Crippen LogP contribution in [0.25, 0.3) is 11.1 Å². The smallest absolute Gasteiger partial charge is 0.252 e. The molecule has 2 nitrogen and oxygen atoms in total. The molecule has 0 bridgehead atoms. The highest BCUT2D eigenvalue weighted by Gasteiger charge is 2.08. The lowest BCUT2D eigenvalue weighted by Gasteiger charge is -2.18. The first-order valence-electron chi connectivity index (χ1n) is 9.21. The average molecular weight is 359 g/mol. The molecule has 2 aromatic rings. The van der Waals surface area contributed by atoms with Crippen LogP contribution in [-0.4, -0.2) is 11.3 Å². The van der Waals surface area contributed by atoms with Crippen LogP contribution in [0.4, 0.5) is 0 Å². The molecule has 0 aromatic heterocycles. The molecule has 0 aliphatic heterocycles. The number of benzene rings is 2. The molecule has 1 atom stereocenters. The lowest BCUT2D eigenvalue weighted by molar-refractivity contribution is 0.108. The molecular formula is C22H27ClO2. The van der Waals surface area contributed by atoms with Crippen molar-refractivity contribution in [3.8, 4) is 16.9 Å². The van der Waals surface area contributed by atoms with E-state index in [0.29, 0.717) is 5.56 Å². The summed E-state index contributed by atoms with van der Waals surface area (Å²) in [5.74, 6) is 0.915. The summed E-state index contributed by atoms with van der Waals surface area (Å²) in [6, 6.07) is 15.5. The van der Waals surface area contributed by atoms with E-state index < -0.39 is 5.24 Å². The largest absolute Gasteiger partial charge is 0.490 e. The fourth-order valence-corrected chi connectivity index (χ4v) is 2.98. The Morgan fingerprint density at radius 2 is 1.52 bits per heavy atom. The first-order valence-corrected chi connectivity index (χ1v) is 9.58. The summed E-state index contributed by atoms with van der Waals surface area (Å²) in [7, 11) is 0. The lowest BCUT2D eigenvalue weighted by atomic mass is 10.0. The highest BCUT2D eigenvalue weighted by atomic mass is 35.5. The molecule has 0 fully saturated rings. The van der Waals surface area contributed by atoms with Gasteiger partial charge in [0.15, 0.2) is 0 Å². The summed E-state index contributed by atoms with van der Waals surface area (Å²) < 4.78 is 6.12. The lowest BCUT2D eigenvalue weighted by Crippen LogP contribution is -2.15. The molecule has 2 rings (SSSR count). The Labute approximate surface area is 156 Å². The minimum Gasteiger partial charge on any atom is -0.490 e. The summed E-state index contributed by atoms with van der Waals surface area (Å²) in [6.07, 6.45) is 7.52.